The second kappa shape index (κ2) is 6.74. The average molecular weight is 426 g/mol. The quantitative estimate of drug-likeness (QED) is 0.308. The Morgan fingerprint density at radius 3 is 2.09 bits per heavy atom. The molecule has 0 aliphatic carbocycles. The third-order valence-electron chi connectivity index (χ3n) is 6.12. The number of fused-ring (bicyclic) bond motifs is 3. The van der Waals surface area contributed by atoms with Gasteiger partial charge < -0.3 is 4.74 Å². The molecule has 0 fully saturated rings. The number of hydrogen-bond donors (Lipinski definition) is 0. The maximum Gasteiger partial charge on any atom is 0.153 e. The van der Waals surface area contributed by atoms with E-state index >= 15 is 0 Å². The van der Waals surface area contributed by atoms with Crippen molar-refractivity contribution in [1.29, 1.82) is 0 Å². The lowest BCUT2D eigenvalue weighted by Crippen LogP contribution is -2.06. The minimum Gasteiger partial charge on any atom is -0.453 e. The van der Waals surface area contributed by atoms with Crippen LogP contribution in [0.3, 0.4) is 0 Å². The lowest BCUT2D eigenvalue weighted by atomic mass is 10.0. The Morgan fingerprint density at radius 1 is 0.606 bits per heavy atom. The molecule has 0 saturated heterocycles. The third-order valence-corrected chi connectivity index (χ3v) is 6.12. The second-order valence-corrected chi connectivity index (χ2v) is 8.18. The number of benzene rings is 4. The van der Waals surface area contributed by atoms with Gasteiger partial charge in [-0.25, -0.2) is 15.0 Å². The van der Waals surface area contributed by atoms with Crippen molar-refractivity contribution < 1.29 is 4.74 Å². The molecule has 156 valence electrons. The van der Waals surface area contributed by atoms with Gasteiger partial charge in [-0.2, -0.15) is 0 Å². The molecule has 0 unspecified atom stereocenters. The van der Waals surface area contributed by atoms with Crippen LogP contribution in [0.15, 0.2) is 91.0 Å². The van der Waals surface area contributed by atoms with Crippen molar-refractivity contribution in [3.05, 3.63) is 96.8 Å². The minimum absolute atomic E-state index is 0.780. The smallest absolute Gasteiger partial charge is 0.153 e. The molecular weight excluding hydrogens is 408 g/mol. The molecular formula is C28H18N4O. The van der Waals surface area contributed by atoms with Crippen LogP contribution in [0.25, 0.3) is 50.3 Å². The van der Waals surface area contributed by atoms with E-state index in [-0.39, 0.29) is 0 Å². The summed E-state index contributed by atoms with van der Waals surface area (Å²) in [5, 5.41) is 0. The van der Waals surface area contributed by atoms with Gasteiger partial charge in [0.1, 0.15) is 11.3 Å². The highest BCUT2D eigenvalue weighted by Crippen LogP contribution is 2.43. The van der Waals surface area contributed by atoms with Crippen LogP contribution >= 0.6 is 0 Å². The summed E-state index contributed by atoms with van der Waals surface area (Å²) in [5.41, 5.74) is 8.33. The number of nitrogens with zero attached hydrogens (tertiary/aromatic N) is 4. The molecule has 2 aromatic heterocycles. The van der Waals surface area contributed by atoms with Gasteiger partial charge >= 0.3 is 0 Å². The average Bonchev–Trinajstić information content (AvgIpc) is 3.21. The highest BCUT2D eigenvalue weighted by Gasteiger charge is 2.24. The van der Waals surface area contributed by atoms with Gasteiger partial charge in [0, 0.05) is 11.1 Å². The number of para-hydroxylation sites is 3. The third kappa shape index (κ3) is 2.69. The molecule has 4 aromatic carbocycles. The van der Waals surface area contributed by atoms with Gasteiger partial charge in [-0.05, 0) is 43.3 Å². The summed E-state index contributed by atoms with van der Waals surface area (Å²) in [6.45, 7) is 2.02. The van der Waals surface area contributed by atoms with Crippen molar-refractivity contribution in [2.45, 2.75) is 6.92 Å². The normalized spacial score (nSPS) is 12.0. The van der Waals surface area contributed by atoms with E-state index in [1.165, 1.54) is 0 Å². The Bertz CT molecular complexity index is 1700. The summed E-state index contributed by atoms with van der Waals surface area (Å²) in [5.74, 6) is 2.53. The molecule has 5 heteroatoms. The van der Waals surface area contributed by atoms with E-state index in [2.05, 4.69) is 34.9 Å². The highest BCUT2D eigenvalue weighted by atomic mass is 16.5. The largest absolute Gasteiger partial charge is 0.453 e. The number of aryl methyl sites for hydroxylation is 1. The number of rotatable bonds is 2. The Balaban J connectivity index is 1.47. The minimum atomic E-state index is 0.780. The molecule has 6 aromatic rings. The van der Waals surface area contributed by atoms with Crippen LogP contribution in [0.2, 0.25) is 0 Å². The lowest BCUT2D eigenvalue weighted by molar-refractivity contribution is 0.475. The van der Waals surface area contributed by atoms with Gasteiger partial charge in [0.05, 0.1) is 33.6 Å². The molecule has 0 amide bonds. The van der Waals surface area contributed by atoms with Crippen LogP contribution in [-0.2, 0) is 0 Å². The second-order valence-electron chi connectivity index (χ2n) is 8.18. The van der Waals surface area contributed by atoms with Crippen LogP contribution in [-0.4, -0.2) is 19.5 Å². The molecule has 3 heterocycles. The Hall–Kier alpha value is -4.51. The first-order valence-corrected chi connectivity index (χ1v) is 10.9. The van der Waals surface area contributed by atoms with Crippen LogP contribution < -0.4 is 4.74 Å². The van der Waals surface area contributed by atoms with E-state index in [0.717, 1.165) is 67.6 Å². The summed E-state index contributed by atoms with van der Waals surface area (Å²) in [4.78, 5) is 14.7. The predicted molar refractivity (Wildman–Crippen MR) is 130 cm³/mol. The summed E-state index contributed by atoms with van der Waals surface area (Å²) in [7, 11) is 0. The maximum atomic E-state index is 6.35. The number of hydrogen-bond acceptors (Lipinski definition) is 4. The Morgan fingerprint density at radius 2 is 1.30 bits per heavy atom. The fourth-order valence-corrected chi connectivity index (χ4v) is 4.63. The topological polar surface area (TPSA) is 52.8 Å². The van der Waals surface area contributed by atoms with Gasteiger partial charge in [0.25, 0.3) is 0 Å². The van der Waals surface area contributed by atoms with E-state index in [0.29, 0.717) is 0 Å². The first kappa shape index (κ1) is 18.1. The first-order chi connectivity index (χ1) is 16.3. The van der Waals surface area contributed by atoms with Crippen molar-refractivity contribution in [1.82, 2.24) is 19.5 Å². The molecule has 1 aliphatic heterocycles. The Labute approximate surface area is 190 Å². The van der Waals surface area contributed by atoms with E-state index < -0.39 is 0 Å². The van der Waals surface area contributed by atoms with E-state index in [1.54, 1.807) is 0 Å². The SMILES string of the molecule is Cc1nc2cccc3c2n1-c1ccc(-c2nc4ccccc4nc2-c2ccccc2)cc1O3. The van der Waals surface area contributed by atoms with Crippen molar-refractivity contribution in [2.24, 2.45) is 0 Å². The lowest BCUT2D eigenvalue weighted by Gasteiger charge is -2.21. The Kier molecular flexibility index (Phi) is 3.70. The van der Waals surface area contributed by atoms with E-state index in [4.69, 9.17) is 19.7 Å². The zero-order valence-electron chi connectivity index (χ0n) is 17.9. The molecule has 33 heavy (non-hydrogen) atoms. The van der Waals surface area contributed by atoms with Gasteiger partial charge in [0.2, 0.25) is 0 Å². The zero-order chi connectivity index (χ0) is 21.9. The van der Waals surface area contributed by atoms with Crippen LogP contribution in [0.1, 0.15) is 5.82 Å². The first-order valence-electron chi connectivity index (χ1n) is 10.9. The number of aromatic nitrogens is 4. The predicted octanol–water partition coefficient (Wildman–Crippen LogP) is 6.72. The van der Waals surface area contributed by atoms with Crippen molar-refractivity contribution >= 4 is 22.1 Å². The monoisotopic (exact) mass is 426 g/mol. The van der Waals surface area contributed by atoms with Crippen molar-refractivity contribution in [3.63, 3.8) is 0 Å². The fraction of sp³-hybridized carbons (Fsp3) is 0.0357. The summed E-state index contributed by atoms with van der Waals surface area (Å²) < 4.78 is 8.51. The van der Waals surface area contributed by atoms with Crippen LogP contribution in [0.5, 0.6) is 11.5 Å². The standard InChI is InChI=1S/C28H18N4O/c1-17-29-22-12-7-13-24-28(22)32(17)23-15-14-19(16-25(23)33-24)27-26(18-8-3-2-4-9-18)30-20-10-5-6-11-21(20)31-27/h2-16H,1H3. The molecule has 5 nitrogen and oxygen atoms in total. The number of imidazole rings is 1. The highest BCUT2D eigenvalue weighted by molar-refractivity contribution is 5.90. The molecule has 0 saturated carbocycles. The van der Waals surface area contributed by atoms with Crippen LogP contribution in [0, 0.1) is 6.92 Å². The molecule has 0 spiro atoms. The maximum absolute atomic E-state index is 6.35. The van der Waals surface area contributed by atoms with Gasteiger partial charge in [-0.1, -0.05) is 54.6 Å². The molecule has 7 rings (SSSR count). The van der Waals surface area contributed by atoms with E-state index in [1.807, 2.05) is 67.6 Å². The molecule has 1 aliphatic rings. The zero-order valence-corrected chi connectivity index (χ0v) is 17.9. The number of ether oxygens (including phenoxy) is 1. The van der Waals surface area contributed by atoms with Crippen molar-refractivity contribution in [2.75, 3.05) is 0 Å². The van der Waals surface area contributed by atoms with Gasteiger partial charge in [-0.15, -0.1) is 0 Å². The van der Waals surface area contributed by atoms with Crippen molar-refractivity contribution in [3.8, 4) is 39.7 Å². The van der Waals surface area contributed by atoms with Gasteiger partial charge in [0.15, 0.2) is 11.5 Å². The molecule has 0 N–H and O–H groups in total. The summed E-state index contributed by atoms with van der Waals surface area (Å²) in [6.07, 6.45) is 0. The van der Waals surface area contributed by atoms with E-state index in [9.17, 15) is 0 Å². The van der Waals surface area contributed by atoms with Crippen LogP contribution in [0.4, 0.5) is 0 Å². The molecule has 0 bridgehead atoms. The fourth-order valence-electron chi connectivity index (χ4n) is 4.63. The molecule has 0 atom stereocenters. The molecule has 0 radical (unpaired) electrons. The summed E-state index contributed by atoms with van der Waals surface area (Å²) in [6, 6.07) is 30.4. The van der Waals surface area contributed by atoms with Gasteiger partial charge in [-0.3, -0.25) is 4.57 Å². The summed E-state index contributed by atoms with van der Waals surface area (Å²) >= 11 is 0.